The maximum Gasteiger partial charge on any atom is 0.328 e. The Morgan fingerprint density at radius 3 is 2.71 bits per heavy atom. The smallest absolute Gasteiger partial charge is 0.328 e. The number of carbonyl (C=O) groups is 1. The van der Waals surface area contributed by atoms with E-state index < -0.39 is 17.4 Å². The van der Waals surface area contributed by atoms with Gasteiger partial charge in [-0.05, 0) is 23.8 Å². The summed E-state index contributed by atoms with van der Waals surface area (Å²) >= 11 is 0. The molecule has 4 N–H and O–H groups in total. The highest BCUT2D eigenvalue weighted by Crippen LogP contribution is 2.33. The number of aliphatic hydroxyl groups excluding tert-OH is 1. The van der Waals surface area contributed by atoms with Crippen molar-refractivity contribution in [2.75, 3.05) is 6.54 Å². The molecule has 0 fully saturated rings. The van der Waals surface area contributed by atoms with Gasteiger partial charge in [0.05, 0.1) is 11.7 Å². The van der Waals surface area contributed by atoms with Gasteiger partial charge in [0.15, 0.2) is 0 Å². The molecule has 8 nitrogen and oxygen atoms in total. The Kier molecular flexibility index (Phi) is 4.54. The maximum absolute atomic E-state index is 12.4. The molecule has 4 rings (SSSR count). The van der Waals surface area contributed by atoms with E-state index in [2.05, 4.69) is 15.3 Å². The van der Waals surface area contributed by atoms with Crippen molar-refractivity contribution in [3.63, 3.8) is 0 Å². The number of rotatable bonds is 4. The summed E-state index contributed by atoms with van der Waals surface area (Å²) in [5.74, 6) is 0.234. The van der Waals surface area contributed by atoms with Gasteiger partial charge in [-0.1, -0.05) is 30.3 Å². The van der Waals surface area contributed by atoms with Gasteiger partial charge in [-0.2, -0.15) is 0 Å². The van der Waals surface area contributed by atoms with Crippen molar-refractivity contribution < 1.29 is 14.6 Å². The highest BCUT2D eigenvalue weighted by atomic mass is 16.5. The average molecular weight is 379 g/mol. The van der Waals surface area contributed by atoms with Crippen LogP contribution in [0, 0.1) is 0 Å². The minimum absolute atomic E-state index is 0.0696. The second-order valence-electron chi connectivity index (χ2n) is 6.45. The SMILES string of the molecule is O=C(NCC(O)c1ccccc1)c1ccc2c(c1)Cc1c([nH]c(=O)[nH]c1=O)O2. The molecule has 2 aromatic carbocycles. The highest BCUT2D eigenvalue weighted by Gasteiger charge is 2.22. The summed E-state index contributed by atoms with van der Waals surface area (Å²) in [6, 6.07) is 13.9. The third-order valence-electron chi connectivity index (χ3n) is 4.54. The monoisotopic (exact) mass is 379 g/mol. The van der Waals surface area contributed by atoms with Crippen LogP contribution in [0.15, 0.2) is 58.1 Å². The van der Waals surface area contributed by atoms with Gasteiger partial charge in [-0.25, -0.2) is 4.79 Å². The first-order chi connectivity index (χ1) is 13.5. The predicted octanol–water partition coefficient (Wildman–Crippen LogP) is 1.22. The third kappa shape index (κ3) is 3.45. The van der Waals surface area contributed by atoms with E-state index in [1.54, 1.807) is 30.3 Å². The lowest BCUT2D eigenvalue weighted by atomic mass is 10.0. The number of hydrogen-bond acceptors (Lipinski definition) is 5. The molecule has 2 heterocycles. The van der Waals surface area contributed by atoms with E-state index in [9.17, 15) is 19.5 Å². The number of nitrogens with one attached hydrogen (secondary N) is 3. The maximum atomic E-state index is 12.4. The molecule has 28 heavy (non-hydrogen) atoms. The molecule has 1 unspecified atom stereocenters. The molecule has 0 bridgehead atoms. The Balaban J connectivity index is 1.50. The Bertz CT molecular complexity index is 1150. The fourth-order valence-corrected chi connectivity index (χ4v) is 3.08. The Labute approximate surface area is 158 Å². The van der Waals surface area contributed by atoms with Crippen LogP contribution >= 0.6 is 0 Å². The fraction of sp³-hybridized carbons (Fsp3) is 0.150. The van der Waals surface area contributed by atoms with Crippen LogP contribution in [-0.4, -0.2) is 27.5 Å². The van der Waals surface area contributed by atoms with Gasteiger partial charge in [0.1, 0.15) is 5.75 Å². The van der Waals surface area contributed by atoms with Crippen LogP contribution in [0.4, 0.5) is 0 Å². The van der Waals surface area contributed by atoms with Crippen LogP contribution in [0.25, 0.3) is 0 Å². The van der Waals surface area contributed by atoms with Gasteiger partial charge < -0.3 is 15.2 Å². The van der Waals surface area contributed by atoms with Gasteiger partial charge in [0.25, 0.3) is 11.5 Å². The summed E-state index contributed by atoms with van der Waals surface area (Å²) in [6.07, 6.45) is -0.585. The van der Waals surface area contributed by atoms with Crippen molar-refractivity contribution in [1.29, 1.82) is 0 Å². The second-order valence-corrected chi connectivity index (χ2v) is 6.45. The van der Waals surface area contributed by atoms with Gasteiger partial charge in [0, 0.05) is 24.1 Å². The number of carbonyl (C=O) groups excluding carboxylic acids is 1. The number of ether oxygens (including phenoxy) is 1. The molecule has 8 heteroatoms. The van der Waals surface area contributed by atoms with Crippen LogP contribution in [-0.2, 0) is 6.42 Å². The summed E-state index contributed by atoms with van der Waals surface area (Å²) in [4.78, 5) is 40.4. The van der Waals surface area contributed by atoms with E-state index in [1.807, 2.05) is 18.2 Å². The first kappa shape index (κ1) is 17.7. The lowest BCUT2D eigenvalue weighted by molar-refractivity contribution is 0.0916. The van der Waals surface area contributed by atoms with Gasteiger partial charge in [-0.3, -0.25) is 19.6 Å². The molecular formula is C20H17N3O5. The molecule has 1 atom stereocenters. The summed E-state index contributed by atoms with van der Waals surface area (Å²) in [5, 5.41) is 12.9. The molecule has 1 amide bonds. The molecule has 1 aliphatic rings. The Morgan fingerprint density at radius 2 is 1.93 bits per heavy atom. The van der Waals surface area contributed by atoms with E-state index in [4.69, 9.17) is 4.74 Å². The van der Waals surface area contributed by atoms with E-state index in [-0.39, 0.29) is 24.8 Å². The zero-order chi connectivity index (χ0) is 19.7. The summed E-state index contributed by atoms with van der Waals surface area (Å²) in [5.41, 5.74) is 0.884. The molecule has 0 spiro atoms. The highest BCUT2D eigenvalue weighted by molar-refractivity contribution is 5.94. The minimum Gasteiger partial charge on any atom is -0.440 e. The number of aromatic nitrogens is 2. The van der Waals surface area contributed by atoms with Crippen molar-refractivity contribution in [3.05, 3.63) is 91.6 Å². The van der Waals surface area contributed by atoms with Gasteiger partial charge in [0.2, 0.25) is 5.88 Å². The van der Waals surface area contributed by atoms with Gasteiger partial charge in [-0.15, -0.1) is 0 Å². The number of aromatic amines is 2. The average Bonchev–Trinajstić information content (AvgIpc) is 2.70. The Hall–Kier alpha value is -3.65. The number of H-pyrrole nitrogens is 2. The number of fused-ring (bicyclic) bond motifs is 2. The second kappa shape index (κ2) is 7.16. The minimum atomic E-state index is -0.812. The summed E-state index contributed by atoms with van der Waals surface area (Å²) in [6.45, 7) is 0.0696. The zero-order valence-electron chi connectivity index (χ0n) is 14.7. The van der Waals surface area contributed by atoms with Crippen molar-refractivity contribution in [2.24, 2.45) is 0 Å². The first-order valence-corrected chi connectivity index (χ1v) is 8.69. The van der Waals surface area contributed by atoms with Crippen molar-refractivity contribution in [1.82, 2.24) is 15.3 Å². The normalized spacial score (nSPS) is 13.0. The molecular weight excluding hydrogens is 362 g/mol. The first-order valence-electron chi connectivity index (χ1n) is 8.69. The molecule has 0 aliphatic carbocycles. The number of hydrogen-bond donors (Lipinski definition) is 4. The van der Waals surface area contributed by atoms with E-state index >= 15 is 0 Å². The molecule has 0 saturated heterocycles. The van der Waals surface area contributed by atoms with Crippen molar-refractivity contribution in [2.45, 2.75) is 12.5 Å². The van der Waals surface area contributed by atoms with Crippen molar-refractivity contribution in [3.8, 4) is 11.6 Å². The van der Waals surface area contributed by atoms with Gasteiger partial charge >= 0.3 is 5.69 Å². The third-order valence-corrected chi connectivity index (χ3v) is 4.54. The standard InChI is InChI=1S/C20H17N3O5/c24-15(11-4-2-1-3-5-11)10-21-17(25)12-6-7-16-13(8-12)9-14-18(26)22-20(27)23-19(14)28-16/h1-8,15,24H,9-10H2,(H,21,25)(H2,22,23,26,27). The van der Waals surface area contributed by atoms with Crippen LogP contribution in [0.5, 0.6) is 11.6 Å². The van der Waals surface area contributed by atoms with Crippen LogP contribution < -0.4 is 21.3 Å². The summed E-state index contributed by atoms with van der Waals surface area (Å²) < 4.78 is 5.58. The molecule has 3 aromatic rings. The molecule has 0 radical (unpaired) electrons. The number of aliphatic hydroxyl groups is 1. The lowest BCUT2D eigenvalue weighted by Gasteiger charge is -2.19. The zero-order valence-corrected chi connectivity index (χ0v) is 14.7. The molecule has 0 saturated carbocycles. The van der Waals surface area contributed by atoms with Crippen LogP contribution in [0.3, 0.4) is 0 Å². The van der Waals surface area contributed by atoms with Crippen LogP contribution in [0.2, 0.25) is 0 Å². The number of amides is 1. The van der Waals surface area contributed by atoms with Crippen molar-refractivity contribution >= 4 is 5.91 Å². The predicted molar refractivity (Wildman–Crippen MR) is 101 cm³/mol. The molecule has 1 aliphatic heterocycles. The van der Waals surface area contributed by atoms with E-state index in [1.165, 1.54) is 0 Å². The molecule has 142 valence electrons. The summed E-state index contributed by atoms with van der Waals surface area (Å²) in [7, 11) is 0. The van der Waals surface area contributed by atoms with E-state index in [0.29, 0.717) is 28.0 Å². The lowest BCUT2D eigenvalue weighted by Crippen LogP contribution is -2.29. The quantitative estimate of drug-likeness (QED) is 0.424. The fourth-order valence-electron chi connectivity index (χ4n) is 3.08. The van der Waals surface area contributed by atoms with E-state index in [0.717, 1.165) is 0 Å². The largest absolute Gasteiger partial charge is 0.440 e. The van der Waals surface area contributed by atoms with Crippen LogP contribution in [0.1, 0.15) is 33.2 Å². The number of benzene rings is 2. The topological polar surface area (TPSA) is 124 Å². The Morgan fingerprint density at radius 1 is 1.14 bits per heavy atom. The molecule has 1 aromatic heterocycles.